The Kier molecular flexibility index (Phi) is 3.20. The number of halogens is 2. The number of hydrogen-bond acceptors (Lipinski definition) is 0. The smallest absolute Gasteiger partial charge is 0.0537 e. The third-order valence-corrected chi connectivity index (χ3v) is 3.33. The first kappa shape index (κ1) is 9.34. The zero-order chi connectivity index (χ0) is 8.43. The first-order chi connectivity index (χ1) is 5.11. The monoisotopic (exact) mass is 234 g/mol. The minimum Gasteiger partial charge on any atom is -0.0879 e. The minimum absolute atomic E-state index is 0.340. The molecule has 0 spiro atoms. The Morgan fingerprint density at radius 1 is 1.64 bits per heavy atom. The number of alkyl halides is 1. The molecule has 0 aromatic rings. The third-order valence-electron chi connectivity index (χ3n) is 1.83. The van der Waals surface area contributed by atoms with E-state index in [1.807, 2.05) is 0 Å². The molecule has 0 aromatic heterocycles. The second kappa shape index (κ2) is 3.77. The van der Waals surface area contributed by atoms with E-state index in [2.05, 4.69) is 41.9 Å². The van der Waals surface area contributed by atoms with Crippen LogP contribution in [0.4, 0.5) is 0 Å². The fourth-order valence-electron chi connectivity index (χ4n) is 1.06. The summed E-state index contributed by atoms with van der Waals surface area (Å²) in [5, 5.41) is 0.927. The van der Waals surface area contributed by atoms with Gasteiger partial charge in [0, 0.05) is 5.03 Å². The molecule has 0 aromatic carbocycles. The van der Waals surface area contributed by atoms with Crippen LogP contribution in [-0.2, 0) is 0 Å². The highest BCUT2D eigenvalue weighted by atomic mass is 79.9. The van der Waals surface area contributed by atoms with E-state index in [1.165, 1.54) is 5.57 Å². The van der Waals surface area contributed by atoms with Crippen molar-refractivity contribution in [2.24, 2.45) is 5.92 Å². The number of rotatable bonds is 1. The van der Waals surface area contributed by atoms with E-state index in [0.717, 1.165) is 11.5 Å². The van der Waals surface area contributed by atoms with Crippen LogP contribution in [0.5, 0.6) is 0 Å². The van der Waals surface area contributed by atoms with Gasteiger partial charge in [0.25, 0.3) is 0 Å². The van der Waals surface area contributed by atoms with Gasteiger partial charge in [0.05, 0.1) is 4.83 Å². The van der Waals surface area contributed by atoms with Gasteiger partial charge in [-0.15, -0.1) is 0 Å². The number of allylic oxidation sites excluding steroid dienone is 4. The molecule has 1 atom stereocenters. The molecule has 0 aliphatic heterocycles. The van der Waals surface area contributed by atoms with Crippen molar-refractivity contribution in [3.8, 4) is 0 Å². The Morgan fingerprint density at radius 3 is 2.73 bits per heavy atom. The molecule has 1 aliphatic rings. The zero-order valence-corrected chi connectivity index (χ0v) is 9.11. The fraction of sp³-hybridized carbons (Fsp3) is 0.556. The van der Waals surface area contributed by atoms with E-state index < -0.39 is 0 Å². The SMILES string of the molecule is CC(C)C1=CCC(Br)C(Cl)=C1. The predicted molar refractivity (Wildman–Crippen MR) is 54.2 cm³/mol. The Hall–Kier alpha value is 0.250. The molecule has 0 radical (unpaired) electrons. The van der Waals surface area contributed by atoms with Crippen LogP contribution in [0.1, 0.15) is 20.3 Å². The predicted octanol–water partition coefficient (Wildman–Crippen LogP) is 3.86. The van der Waals surface area contributed by atoms with E-state index in [-0.39, 0.29) is 0 Å². The average Bonchev–Trinajstić information content (AvgIpc) is 1.94. The maximum atomic E-state index is 5.98. The summed E-state index contributed by atoms with van der Waals surface area (Å²) in [5.74, 6) is 0.587. The fourth-order valence-corrected chi connectivity index (χ4v) is 1.60. The largest absolute Gasteiger partial charge is 0.0879 e. The van der Waals surface area contributed by atoms with E-state index in [4.69, 9.17) is 11.6 Å². The van der Waals surface area contributed by atoms with Gasteiger partial charge in [0.15, 0.2) is 0 Å². The Bertz CT molecular complexity index is 204. The molecule has 62 valence electrons. The van der Waals surface area contributed by atoms with Gasteiger partial charge in [-0.2, -0.15) is 0 Å². The molecule has 0 saturated heterocycles. The average molecular weight is 236 g/mol. The van der Waals surface area contributed by atoms with Gasteiger partial charge in [-0.3, -0.25) is 0 Å². The highest BCUT2D eigenvalue weighted by Crippen LogP contribution is 2.29. The Morgan fingerprint density at radius 2 is 2.27 bits per heavy atom. The first-order valence-electron chi connectivity index (χ1n) is 3.82. The Labute approximate surface area is 81.4 Å². The van der Waals surface area contributed by atoms with Crippen LogP contribution in [0.15, 0.2) is 22.8 Å². The quantitative estimate of drug-likeness (QED) is 0.606. The van der Waals surface area contributed by atoms with Gasteiger partial charge >= 0.3 is 0 Å². The second-order valence-electron chi connectivity index (χ2n) is 3.09. The van der Waals surface area contributed by atoms with Gasteiger partial charge in [-0.1, -0.05) is 47.5 Å². The molecule has 0 N–H and O–H groups in total. The molecule has 0 bridgehead atoms. The maximum Gasteiger partial charge on any atom is 0.0537 e. The molecule has 0 amide bonds. The molecule has 2 heteroatoms. The number of hydrogen-bond donors (Lipinski definition) is 0. The molecule has 0 nitrogen and oxygen atoms in total. The van der Waals surface area contributed by atoms with Crippen LogP contribution in [-0.4, -0.2) is 4.83 Å². The van der Waals surface area contributed by atoms with E-state index >= 15 is 0 Å². The van der Waals surface area contributed by atoms with Crippen LogP contribution >= 0.6 is 27.5 Å². The van der Waals surface area contributed by atoms with Crippen molar-refractivity contribution in [1.82, 2.24) is 0 Å². The minimum atomic E-state index is 0.340. The van der Waals surface area contributed by atoms with Gasteiger partial charge in [-0.25, -0.2) is 0 Å². The van der Waals surface area contributed by atoms with Crippen molar-refractivity contribution >= 4 is 27.5 Å². The first-order valence-corrected chi connectivity index (χ1v) is 5.12. The van der Waals surface area contributed by atoms with Crippen LogP contribution in [0, 0.1) is 5.92 Å². The molecule has 1 aliphatic carbocycles. The van der Waals surface area contributed by atoms with Crippen molar-refractivity contribution < 1.29 is 0 Å². The van der Waals surface area contributed by atoms with Crippen LogP contribution in [0.25, 0.3) is 0 Å². The van der Waals surface area contributed by atoms with Crippen molar-refractivity contribution in [3.05, 3.63) is 22.8 Å². The molecule has 0 heterocycles. The van der Waals surface area contributed by atoms with E-state index in [9.17, 15) is 0 Å². The van der Waals surface area contributed by atoms with Crippen molar-refractivity contribution in [2.75, 3.05) is 0 Å². The summed E-state index contributed by atoms with van der Waals surface area (Å²) in [6.45, 7) is 4.36. The van der Waals surface area contributed by atoms with Crippen LogP contribution < -0.4 is 0 Å². The van der Waals surface area contributed by atoms with Crippen LogP contribution in [0.3, 0.4) is 0 Å². The molecule has 1 unspecified atom stereocenters. The lowest BCUT2D eigenvalue weighted by Gasteiger charge is -2.16. The van der Waals surface area contributed by atoms with Crippen molar-refractivity contribution in [1.29, 1.82) is 0 Å². The summed E-state index contributed by atoms with van der Waals surface area (Å²) < 4.78 is 0. The van der Waals surface area contributed by atoms with E-state index in [0.29, 0.717) is 10.7 Å². The van der Waals surface area contributed by atoms with Crippen molar-refractivity contribution in [3.63, 3.8) is 0 Å². The topological polar surface area (TPSA) is 0 Å². The van der Waals surface area contributed by atoms with Gasteiger partial charge < -0.3 is 0 Å². The van der Waals surface area contributed by atoms with E-state index in [1.54, 1.807) is 0 Å². The molecule has 1 rings (SSSR count). The lowest BCUT2D eigenvalue weighted by atomic mass is 9.97. The summed E-state index contributed by atoms with van der Waals surface area (Å²) in [5.41, 5.74) is 1.35. The summed E-state index contributed by atoms with van der Waals surface area (Å²) >= 11 is 9.46. The van der Waals surface area contributed by atoms with Gasteiger partial charge in [-0.05, 0) is 24.0 Å². The highest BCUT2D eigenvalue weighted by molar-refractivity contribution is 9.09. The standard InChI is InChI=1S/C9H12BrCl/c1-6(2)7-3-4-8(10)9(11)5-7/h3,5-6,8H,4H2,1-2H3. The normalized spacial score (nSPS) is 25.0. The second-order valence-corrected chi connectivity index (χ2v) is 4.63. The zero-order valence-electron chi connectivity index (χ0n) is 6.77. The summed E-state index contributed by atoms with van der Waals surface area (Å²) in [7, 11) is 0. The Balaban J connectivity index is 2.74. The molecular formula is C9H12BrCl. The van der Waals surface area contributed by atoms with Gasteiger partial charge in [0.2, 0.25) is 0 Å². The molecule has 0 fully saturated rings. The molecular weight excluding hydrogens is 223 g/mol. The molecule has 11 heavy (non-hydrogen) atoms. The summed E-state index contributed by atoms with van der Waals surface area (Å²) in [6.07, 6.45) is 5.33. The highest BCUT2D eigenvalue weighted by Gasteiger charge is 2.13. The maximum absolute atomic E-state index is 5.98. The molecule has 0 saturated carbocycles. The van der Waals surface area contributed by atoms with Gasteiger partial charge in [0.1, 0.15) is 0 Å². The third kappa shape index (κ3) is 2.34. The summed E-state index contributed by atoms with van der Waals surface area (Å²) in [4.78, 5) is 0.340. The van der Waals surface area contributed by atoms with Crippen LogP contribution in [0.2, 0.25) is 0 Å². The van der Waals surface area contributed by atoms with Crippen molar-refractivity contribution in [2.45, 2.75) is 25.1 Å². The summed E-state index contributed by atoms with van der Waals surface area (Å²) in [6, 6.07) is 0. The lowest BCUT2D eigenvalue weighted by Crippen LogP contribution is -2.04. The lowest BCUT2D eigenvalue weighted by molar-refractivity contribution is 0.774.